The smallest absolute Gasteiger partial charge is 0.264 e. The van der Waals surface area contributed by atoms with Gasteiger partial charge in [-0.2, -0.15) is 0 Å². The Morgan fingerprint density at radius 3 is 2.88 bits per heavy atom. The highest BCUT2D eigenvalue weighted by Gasteiger charge is 2.56. The van der Waals surface area contributed by atoms with Crippen LogP contribution >= 0.6 is 0 Å². The van der Waals surface area contributed by atoms with Crippen LogP contribution in [0.5, 0.6) is 5.75 Å². The average molecular weight is 336 g/mol. The number of ether oxygens (including phenoxy) is 3. The molecule has 1 aromatic rings. The van der Waals surface area contributed by atoms with E-state index in [-0.39, 0.29) is 28.9 Å². The lowest BCUT2D eigenvalue weighted by Crippen LogP contribution is -2.66. The van der Waals surface area contributed by atoms with Crippen LogP contribution in [0, 0.1) is 5.41 Å². The number of hydrogen-bond acceptors (Lipinski definition) is 5. The Labute approximate surface area is 140 Å². The number of hydrogen-bond donors (Lipinski definition) is 2. The summed E-state index contributed by atoms with van der Waals surface area (Å²) in [6.07, 6.45) is 4.06. The topological polar surface area (TPSA) is 89.7 Å². The Bertz CT molecular complexity index is 651. The molecule has 3 rings (SSSR count). The van der Waals surface area contributed by atoms with Gasteiger partial charge in [0.2, 0.25) is 0 Å². The third-order valence-electron chi connectivity index (χ3n) is 5.25. The molecule has 0 radical (unpaired) electrons. The van der Waals surface area contributed by atoms with E-state index in [4.69, 9.17) is 14.2 Å². The molecule has 7 heteroatoms. The maximum atomic E-state index is 12.7. The molecule has 0 aromatic carbocycles. The maximum Gasteiger partial charge on any atom is 0.264 e. The molecule has 1 saturated heterocycles. The molecule has 24 heavy (non-hydrogen) atoms. The quantitative estimate of drug-likeness (QED) is 0.840. The van der Waals surface area contributed by atoms with Gasteiger partial charge in [-0.05, 0) is 32.3 Å². The van der Waals surface area contributed by atoms with Gasteiger partial charge in [0, 0.05) is 37.5 Å². The molecule has 1 aromatic heterocycles. The first-order valence-corrected chi connectivity index (χ1v) is 8.38. The van der Waals surface area contributed by atoms with Gasteiger partial charge in [0.25, 0.3) is 11.5 Å². The molecule has 132 valence electrons. The molecule has 2 N–H and O–H groups in total. The molecule has 1 aliphatic carbocycles. The minimum atomic E-state index is -0.450. The minimum absolute atomic E-state index is 0.0158. The number of aromatic amines is 1. The van der Waals surface area contributed by atoms with E-state index in [2.05, 4.69) is 10.3 Å². The fourth-order valence-electron chi connectivity index (χ4n) is 3.88. The van der Waals surface area contributed by atoms with Crippen LogP contribution < -0.4 is 15.6 Å². The van der Waals surface area contributed by atoms with Crippen molar-refractivity contribution >= 4 is 5.91 Å². The van der Waals surface area contributed by atoms with E-state index >= 15 is 0 Å². The third-order valence-corrected chi connectivity index (χ3v) is 5.25. The largest absolute Gasteiger partial charge is 0.496 e. The third kappa shape index (κ3) is 2.82. The van der Waals surface area contributed by atoms with Crippen LogP contribution in [0.25, 0.3) is 0 Å². The second-order valence-electron chi connectivity index (χ2n) is 6.30. The normalized spacial score (nSPS) is 25.1. The number of carbonyl (C=O) groups excluding carboxylic acids is 1. The van der Waals surface area contributed by atoms with Crippen LogP contribution in [0.4, 0.5) is 0 Å². The second-order valence-corrected chi connectivity index (χ2v) is 6.30. The van der Waals surface area contributed by atoms with E-state index in [1.807, 2.05) is 6.92 Å². The molecule has 0 unspecified atom stereocenters. The first kappa shape index (κ1) is 17.0. The Hall–Kier alpha value is -1.86. The summed E-state index contributed by atoms with van der Waals surface area (Å²) in [7, 11) is 1.44. The molecule has 1 amide bonds. The van der Waals surface area contributed by atoms with Crippen LogP contribution in [-0.2, 0) is 9.47 Å². The van der Waals surface area contributed by atoms with Crippen LogP contribution in [0.3, 0.4) is 0 Å². The molecule has 2 fully saturated rings. The highest BCUT2D eigenvalue weighted by Crippen LogP contribution is 2.50. The summed E-state index contributed by atoms with van der Waals surface area (Å²) in [5.74, 6) is -0.127. The summed E-state index contributed by atoms with van der Waals surface area (Å²) in [5, 5.41) is 3.02. The second kappa shape index (κ2) is 6.94. The van der Waals surface area contributed by atoms with Gasteiger partial charge in [-0.1, -0.05) is 0 Å². The first-order chi connectivity index (χ1) is 11.6. The number of H-pyrrole nitrogens is 1. The summed E-state index contributed by atoms with van der Waals surface area (Å²) in [5.41, 5.74) is -0.533. The number of rotatable bonds is 5. The van der Waals surface area contributed by atoms with Crippen LogP contribution in [-0.4, -0.2) is 50.0 Å². The standard InChI is InChI=1S/C17H24N2O5/c1-3-24-13-10-12(17(13)5-8-23-9-6-17)19-16(21)14-11(22-2)4-7-18-15(14)20/h4,7,12-13H,3,5-6,8-10H2,1-2H3,(H,18,20)(H,19,21)/t12-,13-/m1/s1. The van der Waals surface area contributed by atoms with Gasteiger partial charge in [-0.15, -0.1) is 0 Å². The number of nitrogens with one attached hydrogen (secondary N) is 2. The highest BCUT2D eigenvalue weighted by molar-refractivity contribution is 5.96. The van der Waals surface area contributed by atoms with Crippen molar-refractivity contribution in [3.63, 3.8) is 0 Å². The van der Waals surface area contributed by atoms with E-state index in [1.165, 1.54) is 13.3 Å². The number of pyridine rings is 1. The predicted molar refractivity (Wildman–Crippen MR) is 87.4 cm³/mol. The van der Waals surface area contributed by atoms with E-state index in [0.29, 0.717) is 19.8 Å². The van der Waals surface area contributed by atoms with E-state index in [1.54, 1.807) is 6.07 Å². The summed E-state index contributed by atoms with van der Waals surface area (Å²) in [4.78, 5) is 27.2. The average Bonchev–Trinajstić information content (AvgIpc) is 2.61. The summed E-state index contributed by atoms with van der Waals surface area (Å²) < 4.78 is 16.5. The van der Waals surface area contributed by atoms with Gasteiger partial charge < -0.3 is 24.5 Å². The Kier molecular flexibility index (Phi) is 4.91. The lowest BCUT2D eigenvalue weighted by Gasteiger charge is -2.57. The van der Waals surface area contributed by atoms with Crippen molar-refractivity contribution in [3.8, 4) is 5.75 Å². The maximum absolute atomic E-state index is 12.7. The summed E-state index contributed by atoms with van der Waals surface area (Å²) in [6.45, 7) is 3.98. The minimum Gasteiger partial charge on any atom is -0.496 e. The zero-order chi connectivity index (χ0) is 17.2. The van der Waals surface area contributed by atoms with Crippen molar-refractivity contribution in [1.29, 1.82) is 0 Å². The van der Waals surface area contributed by atoms with Gasteiger partial charge in [0.05, 0.1) is 13.2 Å². The van der Waals surface area contributed by atoms with Gasteiger partial charge >= 0.3 is 0 Å². The van der Waals surface area contributed by atoms with Crippen molar-refractivity contribution < 1.29 is 19.0 Å². The zero-order valence-electron chi connectivity index (χ0n) is 14.1. The Morgan fingerprint density at radius 2 is 2.21 bits per heavy atom. The van der Waals surface area contributed by atoms with Crippen molar-refractivity contribution in [1.82, 2.24) is 10.3 Å². The molecule has 1 spiro atoms. The zero-order valence-corrected chi connectivity index (χ0v) is 14.1. The number of amides is 1. The van der Waals surface area contributed by atoms with Crippen molar-refractivity contribution in [2.75, 3.05) is 26.9 Å². The monoisotopic (exact) mass is 336 g/mol. The van der Waals surface area contributed by atoms with Gasteiger partial charge in [-0.25, -0.2) is 0 Å². The molecule has 2 aliphatic rings. The van der Waals surface area contributed by atoms with Gasteiger partial charge in [-0.3, -0.25) is 9.59 Å². The summed E-state index contributed by atoms with van der Waals surface area (Å²) >= 11 is 0. The van der Waals surface area contributed by atoms with Gasteiger partial charge in [0.1, 0.15) is 11.3 Å². The molecule has 2 heterocycles. The van der Waals surface area contributed by atoms with Crippen LogP contribution in [0.15, 0.2) is 17.1 Å². The van der Waals surface area contributed by atoms with E-state index in [0.717, 1.165) is 19.3 Å². The molecule has 2 atom stereocenters. The fraction of sp³-hybridized carbons (Fsp3) is 0.647. The molecule has 0 bridgehead atoms. The molecule has 7 nitrogen and oxygen atoms in total. The number of methoxy groups -OCH3 is 1. The van der Waals surface area contributed by atoms with Gasteiger partial charge in [0.15, 0.2) is 0 Å². The van der Waals surface area contributed by atoms with Crippen molar-refractivity contribution in [3.05, 3.63) is 28.2 Å². The SMILES string of the molecule is CCO[C@@H]1C[C@@H](NC(=O)c2c(OC)cc[nH]c2=O)C12CCOCC2. The Morgan fingerprint density at radius 1 is 1.46 bits per heavy atom. The van der Waals surface area contributed by atoms with E-state index < -0.39 is 11.5 Å². The molecule has 1 saturated carbocycles. The Balaban J connectivity index is 1.78. The predicted octanol–water partition coefficient (Wildman–Crippen LogP) is 1.09. The van der Waals surface area contributed by atoms with Crippen molar-refractivity contribution in [2.45, 2.75) is 38.3 Å². The first-order valence-electron chi connectivity index (χ1n) is 8.38. The number of aromatic nitrogens is 1. The van der Waals surface area contributed by atoms with Crippen LogP contribution in [0.2, 0.25) is 0 Å². The fourth-order valence-corrected chi connectivity index (χ4v) is 3.88. The summed E-state index contributed by atoms with van der Waals surface area (Å²) in [6, 6.07) is 1.55. The van der Waals surface area contributed by atoms with Crippen LogP contribution in [0.1, 0.15) is 36.5 Å². The molecular weight excluding hydrogens is 312 g/mol. The lowest BCUT2D eigenvalue weighted by molar-refractivity contribution is -0.170. The lowest BCUT2D eigenvalue weighted by atomic mass is 9.57. The molecule has 1 aliphatic heterocycles. The van der Waals surface area contributed by atoms with Crippen molar-refractivity contribution in [2.24, 2.45) is 5.41 Å². The highest BCUT2D eigenvalue weighted by atomic mass is 16.5. The van der Waals surface area contributed by atoms with E-state index in [9.17, 15) is 9.59 Å². The number of carbonyl (C=O) groups is 1. The molecular formula is C17H24N2O5.